The molecule has 0 spiro atoms. The van der Waals surface area contributed by atoms with Crippen LogP contribution in [-0.2, 0) is 0 Å². The Kier molecular flexibility index (Phi) is 5.22. The number of aromatic nitrogens is 1. The standard InChI is InChI=1S/C15H24BrN3/c1-12-14(16)4-5-15(17-12)19(3)11-8-13-6-9-18(2)10-7-13/h4-5,13H,6-11H2,1-3H3. The van der Waals surface area contributed by atoms with E-state index in [4.69, 9.17) is 0 Å². The molecule has 1 aliphatic rings. The van der Waals surface area contributed by atoms with E-state index in [9.17, 15) is 0 Å². The zero-order chi connectivity index (χ0) is 13.8. The molecular formula is C15H24BrN3. The summed E-state index contributed by atoms with van der Waals surface area (Å²) in [7, 11) is 4.36. The van der Waals surface area contributed by atoms with Gasteiger partial charge in [-0.1, -0.05) is 0 Å². The molecule has 0 aromatic carbocycles. The van der Waals surface area contributed by atoms with Crippen LogP contribution in [0.4, 0.5) is 5.82 Å². The highest BCUT2D eigenvalue weighted by Crippen LogP contribution is 2.22. The molecule has 4 heteroatoms. The summed E-state index contributed by atoms with van der Waals surface area (Å²) in [5.74, 6) is 1.96. The van der Waals surface area contributed by atoms with Gasteiger partial charge >= 0.3 is 0 Å². The summed E-state index contributed by atoms with van der Waals surface area (Å²) in [6, 6.07) is 4.18. The van der Waals surface area contributed by atoms with Gasteiger partial charge in [0.2, 0.25) is 0 Å². The molecule has 1 aromatic heterocycles. The molecule has 1 saturated heterocycles. The van der Waals surface area contributed by atoms with E-state index in [0.29, 0.717) is 0 Å². The SMILES string of the molecule is Cc1nc(N(C)CCC2CCN(C)CC2)ccc1Br. The third-order valence-electron chi connectivity index (χ3n) is 4.11. The molecule has 2 heterocycles. The van der Waals surface area contributed by atoms with E-state index in [1.165, 1.54) is 32.4 Å². The zero-order valence-electron chi connectivity index (χ0n) is 12.2. The van der Waals surface area contributed by atoms with Crippen molar-refractivity contribution in [3.63, 3.8) is 0 Å². The van der Waals surface area contributed by atoms with E-state index < -0.39 is 0 Å². The fourth-order valence-corrected chi connectivity index (χ4v) is 2.81. The van der Waals surface area contributed by atoms with Crippen molar-refractivity contribution in [1.82, 2.24) is 9.88 Å². The molecule has 0 radical (unpaired) electrons. The Bertz CT molecular complexity index is 414. The molecule has 0 amide bonds. The van der Waals surface area contributed by atoms with Crippen molar-refractivity contribution < 1.29 is 0 Å². The van der Waals surface area contributed by atoms with Crippen LogP contribution in [0.5, 0.6) is 0 Å². The second kappa shape index (κ2) is 6.71. The summed E-state index contributed by atoms with van der Waals surface area (Å²) in [5, 5.41) is 0. The molecule has 0 saturated carbocycles. The second-order valence-electron chi connectivity index (χ2n) is 5.69. The van der Waals surface area contributed by atoms with Gasteiger partial charge in [-0.25, -0.2) is 4.98 Å². The monoisotopic (exact) mass is 325 g/mol. The van der Waals surface area contributed by atoms with Gasteiger partial charge < -0.3 is 9.80 Å². The van der Waals surface area contributed by atoms with Crippen LogP contribution in [0.2, 0.25) is 0 Å². The normalized spacial score (nSPS) is 17.7. The minimum atomic E-state index is 0.884. The van der Waals surface area contributed by atoms with E-state index in [0.717, 1.165) is 28.4 Å². The number of pyridine rings is 1. The van der Waals surface area contributed by atoms with Gasteiger partial charge in [-0.2, -0.15) is 0 Å². The molecule has 0 aliphatic carbocycles. The molecule has 19 heavy (non-hydrogen) atoms. The largest absolute Gasteiger partial charge is 0.360 e. The van der Waals surface area contributed by atoms with Gasteiger partial charge in [-0.15, -0.1) is 0 Å². The van der Waals surface area contributed by atoms with E-state index in [1.54, 1.807) is 0 Å². The molecule has 0 unspecified atom stereocenters. The third-order valence-corrected chi connectivity index (χ3v) is 4.95. The lowest BCUT2D eigenvalue weighted by Gasteiger charge is -2.30. The van der Waals surface area contributed by atoms with E-state index in [-0.39, 0.29) is 0 Å². The number of rotatable bonds is 4. The van der Waals surface area contributed by atoms with E-state index in [2.05, 4.69) is 56.9 Å². The lowest BCUT2D eigenvalue weighted by atomic mass is 9.94. The second-order valence-corrected chi connectivity index (χ2v) is 6.55. The predicted molar refractivity (Wildman–Crippen MR) is 84.8 cm³/mol. The number of piperidine rings is 1. The smallest absolute Gasteiger partial charge is 0.128 e. The van der Waals surface area contributed by atoms with Gasteiger partial charge in [0, 0.05) is 18.1 Å². The Balaban J connectivity index is 1.83. The molecule has 1 aromatic rings. The molecular weight excluding hydrogens is 302 g/mol. The molecule has 1 aliphatic heterocycles. The van der Waals surface area contributed by atoms with Crippen molar-refractivity contribution in [1.29, 1.82) is 0 Å². The zero-order valence-corrected chi connectivity index (χ0v) is 13.8. The van der Waals surface area contributed by atoms with Crippen LogP contribution in [0.25, 0.3) is 0 Å². The number of aryl methyl sites for hydroxylation is 1. The van der Waals surface area contributed by atoms with Gasteiger partial charge in [-0.3, -0.25) is 0 Å². The van der Waals surface area contributed by atoms with Crippen molar-refractivity contribution in [2.75, 3.05) is 38.6 Å². The Morgan fingerprint density at radius 2 is 2.05 bits per heavy atom. The van der Waals surface area contributed by atoms with Crippen LogP contribution in [0, 0.1) is 12.8 Å². The molecule has 3 nitrogen and oxygen atoms in total. The summed E-state index contributed by atoms with van der Waals surface area (Å²) in [4.78, 5) is 9.33. The highest BCUT2D eigenvalue weighted by Gasteiger charge is 2.17. The molecule has 2 rings (SSSR count). The van der Waals surface area contributed by atoms with Crippen LogP contribution in [0.15, 0.2) is 16.6 Å². The van der Waals surface area contributed by atoms with Crippen LogP contribution >= 0.6 is 15.9 Å². The van der Waals surface area contributed by atoms with Gasteiger partial charge in [0.05, 0.1) is 5.69 Å². The van der Waals surface area contributed by atoms with Crippen LogP contribution in [0.3, 0.4) is 0 Å². The van der Waals surface area contributed by atoms with Crippen molar-refractivity contribution in [3.8, 4) is 0 Å². The van der Waals surface area contributed by atoms with Crippen molar-refractivity contribution in [2.45, 2.75) is 26.2 Å². The number of anilines is 1. The Labute approximate surface area is 125 Å². The maximum atomic E-state index is 4.62. The van der Waals surface area contributed by atoms with Gasteiger partial charge in [0.25, 0.3) is 0 Å². The summed E-state index contributed by atoms with van der Waals surface area (Å²) >= 11 is 3.50. The number of hydrogen-bond donors (Lipinski definition) is 0. The fourth-order valence-electron chi connectivity index (χ4n) is 2.58. The summed E-state index contributed by atoms with van der Waals surface area (Å²) in [5.41, 5.74) is 1.06. The van der Waals surface area contributed by atoms with Gasteiger partial charge in [0.15, 0.2) is 0 Å². The Morgan fingerprint density at radius 1 is 1.37 bits per heavy atom. The van der Waals surface area contributed by atoms with Crippen LogP contribution in [-0.4, -0.2) is 43.6 Å². The Morgan fingerprint density at radius 3 is 2.68 bits per heavy atom. The van der Waals surface area contributed by atoms with Crippen molar-refractivity contribution in [2.24, 2.45) is 5.92 Å². The first-order valence-electron chi connectivity index (χ1n) is 7.09. The summed E-state index contributed by atoms with van der Waals surface area (Å²) < 4.78 is 1.08. The summed E-state index contributed by atoms with van der Waals surface area (Å²) in [6.45, 7) is 5.65. The van der Waals surface area contributed by atoms with E-state index >= 15 is 0 Å². The molecule has 1 fully saturated rings. The average Bonchev–Trinajstić information content (AvgIpc) is 2.41. The summed E-state index contributed by atoms with van der Waals surface area (Å²) in [6.07, 6.45) is 3.97. The van der Waals surface area contributed by atoms with E-state index in [1.807, 2.05) is 6.92 Å². The lowest BCUT2D eigenvalue weighted by molar-refractivity contribution is 0.213. The molecule has 0 atom stereocenters. The topological polar surface area (TPSA) is 19.4 Å². The highest BCUT2D eigenvalue weighted by atomic mass is 79.9. The highest BCUT2D eigenvalue weighted by molar-refractivity contribution is 9.10. The first-order chi connectivity index (χ1) is 9.06. The van der Waals surface area contributed by atoms with Crippen molar-refractivity contribution in [3.05, 3.63) is 22.3 Å². The van der Waals surface area contributed by atoms with Crippen LogP contribution in [0.1, 0.15) is 25.0 Å². The number of hydrogen-bond acceptors (Lipinski definition) is 3. The maximum Gasteiger partial charge on any atom is 0.128 e. The maximum absolute atomic E-state index is 4.62. The quantitative estimate of drug-likeness (QED) is 0.846. The molecule has 106 valence electrons. The first-order valence-corrected chi connectivity index (χ1v) is 7.88. The number of halogens is 1. The lowest BCUT2D eigenvalue weighted by Crippen LogP contribution is -2.32. The fraction of sp³-hybridized carbons (Fsp3) is 0.667. The predicted octanol–water partition coefficient (Wildman–Crippen LogP) is 3.32. The van der Waals surface area contributed by atoms with Gasteiger partial charge in [0.1, 0.15) is 5.82 Å². The van der Waals surface area contributed by atoms with Gasteiger partial charge in [-0.05, 0) is 80.3 Å². The van der Waals surface area contributed by atoms with Crippen molar-refractivity contribution >= 4 is 21.7 Å². The van der Waals surface area contributed by atoms with Crippen LogP contribution < -0.4 is 4.90 Å². The average molecular weight is 326 g/mol. The number of likely N-dealkylation sites (tertiary alicyclic amines) is 1. The minimum Gasteiger partial charge on any atom is -0.360 e. The number of nitrogens with zero attached hydrogens (tertiary/aromatic N) is 3. The molecule has 0 N–H and O–H groups in total. The Hall–Kier alpha value is -0.610. The third kappa shape index (κ3) is 4.18. The first kappa shape index (κ1) is 14.8. The minimum absolute atomic E-state index is 0.884. The molecule has 0 bridgehead atoms.